The lowest BCUT2D eigenvalue weighted by atomic mass is 9.95. The molecule has 5 aromatic carbocycles. The molecule has 0 bridgehead atoms. The molecule has 10 aromatic rings. The van der Waals surface area contributed by atoms with Crippen LogP contribution in [-0.4, -0.2) is 37.1 Å². The Balaban J connectivity index is 0.000000188. The van der Waals surface area contributed by atoms with Crippen LogP contribution in [0.2, 0.25) is 5.02 Å². The van der Waals surface area contributed by atoms with Crippen molar-refractivity contribution in [1.29, 1.82) is 0 Å². The predicted molar refractivity (Wildman–Crippen MR) is 420 cm³/mol. The lowest BCUT2D eigenvalue weighted by Crippen LogP contribution is -2.21. The largest absolute Gasteiger partial charge is 0.491 e. The van der Waals surface area contributed by atoms with Gasteiger partial charge in [-0.05, 0) is 229 Å². The zero-order chi connectivity index (χ0) is 70.1. The van der Waals surface area contributed by atoms with E-state index >= 15 is 0 Å². The average molecular weight is 1390 g/mol. The lowest BCUT2D eigenvalue weighted by molar-refractivity contribution is 0.0827. The van der Waals surface area contributed by atoms with Gasteiger partial charge in [-0.15, -0.1) is 56.7 Å². The minimum Gasteiger partial charge on any atom is -0.491 e. The van der Waals surface area contributed by atoms with Crippen LogP contribution in [0.3, 0.4) is 0 Å². The van der Waals surface area contributed by atoms with Gasteiger partial charge in [0.25, 0.3) is 5.91 Å². The summed E-state index contributed by atoms with van der Waals surface area (Å²) in [7, 11) is 3.45. The van der Waals surface area contributed by atoms with Crippen LogP contribution < -0.4 is 9.47 Å². The third-order valence-corrected chi connectivity index (χ3v) is 22.9. The molecule has 10 rings (SSSR count). The number of nitrogens with zero attached hydrogens (tertiary/aromatic N) is 1. The Kier molecular flexibility index (Phi) is 29.0. The minimum atomic E-state index is -0.304. The molecular formula is C84H105ClFNO3S5. The van der Waals surface area contributed by atoms with Crippen LogP contribution in [0.25, 0.3) is 52.2 Å². The minimum absolute atomic E-state index is 0.0235. The number of hydrogen-bond acceptors (Lipinski definition) is 8. The number of ether oxygens (including phenoxy) is 2. The molecule has 95 heavy (non-hydrogen) atoms. The normalized spacial score (nSPS) is 11.6. The molecule has 0 N–H and O–H groups in total. The van der Waals surface area contributed by atoms with E-state index in [1.165, 1.54) is 95.9 Å². The monoisotopic (exact) mass is 1390 g/mol. The van der Waals surface area contributed by atoms with E-state index in [1.54, 1.807) is 55.0 Å². The third-order valence-electron chi connectivity index (χ3n) is 15.1. The fraction of sp³-hybridized carbons (Fsp3) is 0.393. The molecule has 0 fully saturated rings. The Labute approximate surface area is 596 Å². The molecule has 0 saturated heterocycles. The highest BCUT2D eigenvalue weighted by atomic mass is 35.5. The molecule has 1 amide bonds. The standard InChI is InChI=1S/C17H20ClNOS.C17H21FOS.C17H22OS.C17H22S.C16H20S/c1-17(2,3)15-9-8-14(21-15)11-6-7-12(13(18)10-11)16(20)19(4)5;1-11(2)19-14-7-6-12(10-13(14)18)15-8-9-16(20-15)17(3,4)5;1-12(2)18-14-8-6-13(7-9-14)15-10-11-16(19-15)17(3,4)5;1-12(2)11-14-5-7-15(8-6-14)17-10-9-16(18-17)13(3)4;1-4-5-13-6-8-14(9-7-13)16-11-10-15(17-16)12(2)3/h6-10H,1-5H3;6-11H,1-5H3;6-12H,1-5H3;5-10,12-13H,11H2,1-4H3;6-12H,4-5H2,1-3H3. The van der Waals surface area contributed by atoms with Crippen molar-refractivity contribution in [2.45, 2.75) is 198 Å². The molecule has 0 aliphatic carbocycles. The Morgan fingerprint density at radius 2 is 0.821 bits per heavy atom. The topological polar surface area (TPSA) is 38.8 Å². The Hall–Kier alpha value is -6.11. The molecule has 0 spiro atoms. The molecule has 5 aromatic heterocycles. The summed E-state index contributed by atoms with van der Waals surface area (Å²) in [5.74, 6) is 2.86. The van der Waals surface area contributed by atoms with E-state index in [4.69, 9.17) is 21.1 Å². The number of carbonyl (C=O) groups is 1. The SMILES string of the molecule is CC(C)Cc1ccc(-c2ccc(C(C)C)s2)cc1.CC(C)Oc1ccc(-c2ccc(C(C)(C)C)s2)cc1.CC(C)Oc1ccc(-c2ccc(C(C)(C)C)s2)cc1F.CCCc1ccc(-c2ccc(C(C)C)s2)cc1.CN(C)C(=O)c1ccc(-c2ccc(C(C)(C)C)s2)cc1Cl. The fourth-order valence-electron chi connectivity index (χ4n) is 9.78. The van der Waals surface area contributed by atoms with Gasteiger partial charge in [-0.3, -0.25) is 4.79 Å². The number of thiophene rings is 5. The summed E-state index contributed by atoms with van der Waals surface area (Å²) in [4.78, 5) is 26.9. The number of benzene rings is 5. The van der Waals surface area contributed by atoms with E-state index in [0.717, 1.165) is 27.7 Å². The summed E-state index contributed by atoms with van der Waals surface area (Å²) in [6.07, 6.45) is 3.77. The molecule has 0 unspecified atom stereocenters. The van der Waals surface area contributed by atoms with Crippen molar-refractivity contribution in [2.24, 2.45) is 5.92 Å². The second-order valence-corrected chi connectivity index (χ2v) is 35.0. The molecule has 0 atom stereocenters. The second-order valence-electron chi connectivity index (χ2n) is 29.1. The number of aryl methyl sites for hydroxylation is 1. The maximum atomic E-state index is 14.0. The zero-order valence-electron chi connectivity index (χ0n) is 60.6. The highest BCUT2D eigenvalue weighted by Gasteiger charge is 2.21. The van der Waals surface area contributed by atoms with E-state index in [9.17, 15) is 9.18 Å². The summed E-state index contributed by atoms with van der Waals surface area (Å²) >= 11 is 15.5. The average Bonchev–Trinajstić information content (AvgIpc) is 1.24. The summed E-state index contributed by atoms with van der Waals surface area (Å²) < 4.78 is 25.1. The number of halogens is 2. The van der Waals surface area contributed by atoms with E-state index in [2.05, 4.69) is 232 Å². The summed E-state index contributed by atoms with van der Waals surface area (Å²) in [6, 6.07) is 59.1. The molecule has 0 radical (unpaired) electrons. The van der Waals surface area contributed by atoms with Gasteiger partial charge in [0.15, 0.2) is 11.6 Å². The van der Waals surface area contributed by atoms with E-state index in [-0.39, 0.29) is 40.2 Å². The summed E-state index contributed by atoms with van der Waals surface area (Å²) in [5, 5.41) is 0.497. The molecule has 5 heterocycles. The van der Waals surface area contributed by atoms with Gasteiger partial charge in [0.1, 0.15) is 5.75 Å². The van der Waals surface area contributed by atoms with E-state index < -0.39 is 0 Å². The molecule has 0 saturated carbocycles. The van der Waals surface area contributed by atoms with Gasteiger partial charge in [0.2, 0.25) is 0 Å². The third kappa shape index (κ3) is 24.1. The molecular weight excluding hydrogens is 1290 g/mol. The smallest absolute Gasteiger partial charge is 0.254 e. The first-order valence-electron chi connectivity index (χ1n) is 33.5. The van der Waals surface area contributed by atoms with Crippen LogP contribution >= 0.6 is 68.3 Å². The Morgan fingerprint density at radius 1 is 0.453 bits per heavy atom. The Morgan fingerprint density at radius 3 is 1.17 bits per heavy atom. The van der Waals surface area contributed by atoms with E-state index in [1.807, 2.05) is 92.0 Å². The van der Waals surface area contributed by atoms with Crippen molar-refractivity contribution in [3.63, 3.8) is 0 Å². The van der Waals surface area contributed by atoms with Gasteiger partial charge in [-0.1, -0.05) is 183 Å². The zero-order valence-corrected chi connectivity index (χ0v) is 65.5. The van der Waals surface area contributed by atoms with Gasteiger partial charge in [0.05, 0.1) is 22.8 Å². The molecule has 0 aliphatic rings. The van der Waals surface area contributed by atoms with Gasteiger partial charge >= 0.3 is 0 Å². The van der Waals surface area contributed by atoms with Crippen LogP contribution in [0, 0.1) is 11.7 Å². The van der Waals surface area contributed by atoms with Crippen LogP contribution in [0.4, 0.5) is 4.39 Å². The van der Waals surface area contributed by atoms with Crippen LogP contribution in [0.1, 0.15) is 203 Å². The fourth-order valence-corrected chi connectivity index (χ4v) is 15.3. The highest BCUT2D eigenvalue weighted by molar-refractivity contribution is 7.17. The Bertz CT molecular complexity index is 3940. The van der Waals surface area contributed by atoms with Crippen molar-refractivity contribution >= 4 is 74.2 Å². The molecule has 0 aliphatic heterocycles. The van der Waals surface area contributed by atoms with Gasteiger partial charge in [-0.2, -0.15) is 0 Å². The lowest BCUT2D eigenvalue weighted by Gasteiger charge is -2.15. The summed E-state index contributed by atoms with van der Waals surface area (Å²) in [5.41, 5.74) is 9.83. The number of amides is 1. The first kappa shape index (κ1) is 77.9. The van der Waals surface area contributed by atoms with Gasteiger partial charge in [0, 0.05) is 62.9 Å². The number of hydrogen-bond donors (Lipinski definition) is 0. The second kappa shape index (κ2) is 35.4. The van der Waals surface area contributed by atoms with Crippen molar-refractivity contribution in [1.82, 2.24) is 4.90 Å². The van der Waals surface area contributed by atoms with Crippen LogP contribution in [-0.2, 0) is 29.1 Å². The molecule has 11 heteroatoms. The highest BCUT2D eigenvalue weighted by Crippen LogP contribution is 2.40. The maximum absolute atomic E-state index is 14.0. The first-order chi connectivity index (χ1) is 44.6. The van der Waals surface area contributed by atoms with Crippen molar-refractivity contribution < 1.29 is 18.7 Å². The van der Waals surface area contributed by atoms with Gasteiger partial charge < -0.3 is 14.4 Å². The maximum Gasteiger partial charge on any atom is 0.254 e. The van der Waals surface area contributed by atoms with E-state index in [0.29, 0.717) is 28.2 Å². The quantitative estimate of drug-likeness (QED) is 0.0968. The van der Waals surface area contributed by atoms with Crippen LogP contribution in [0.15, 0.2) is 170 Å². The van der Waals surface area contributed by atoms with Crippen molar-refractivity contribution in [3.8, 4) is 63.7 Å². The van der Waals surface area contributed by atoms with Crippen molar-refractivity contribution in [3.05, 3.63) is 222 Å². The van der Waals surface area contributed by atoms with Crippen LogP contribution in [0.5, 0.6) is 11.5 Å². The number of rotatable bonds is 16. The predicted octanol–water partition coefficient (Wildman–Crippen LogP) is 27.4. The summed E-state index contributed by atoms with van der Waals surface area (Å²) in [6.45, 7) is 43.5. The first-order valence-corrected chi connectivity index (χ1v) is 38.0. The molecule has 508 valence electrons. The number of carbonyl (C=O) groups excluding carboxylic acids is 1. The molecule has 4 nitrogen and oxygen atoms in total. The van der Waals surface area contributed by atoms with Crippen molar-refractivity contribution in [2.75, 3.05) is 14.1 Å². The van der Waals surface area contributed by atoms with Gasteiger partial charge in [-0.25, -0.2) is 4.39 Å².